The Morgan fingerprint density at radius 2 is 1.79 bits per heavy atom. The number of nitrogens with one attached hydrogen (secondary N) is 1. The van der Waals surface area contributed by atoms with E-state index in [0.717, 1.165) is 54.5 Å². The Balaban J connectivity index is 1.43. The van der Waals surface area contributed by atoms with Crippen molar-refractivity contribution in [1.82, 2.24) is 15.3 Å². The molecule has 0 radical (unpaired) electrons. The van der Waals surface area contributed by atoms with E-state index in [1.165, 1.54) is 19.3 Å². The molecule has 1 aromatic heterocycles. The predicted molar refractivity (Wildman–Crippen MR) is 113 cm³/mol. The number of benzene rings is 1. The van der Waals surface area contributed by atoms with Crippen molar-refractivity contribution in [2.45, 2.75) is 60.9 Å². The summed E-state index contributed by atoms with van der Waals surface area (Å²) in [5.41, 5.74) is 0. The summed E-state index contributed by atoms with van der Waals surface area (Å²) in [6, 6.07) is 10.6. The number of piperidine rings is 1. The molecule has 5 nitrogen and oxygen atoms in total. The Kier molecular flexibility index (Phi) is 6.47. The summed E-state index contributed by atoms with van der Waals surface area (Å²) >= 11 is 1.63. The molecule has 1 aliphatic heterocycles. The molecule has 2 aliphatic rings. The quantitative estimate of drug-likeness (QED) is 0.817. The fraction of sp³-hybridized carbons (Fsp3) is 0.500. The molecular formula is C22H28N4OS. The van der Waals surface area contributed by atoms with E-state index >= 15 is 0 Å². The molecule has 28 heavy (non-hydrogen) atoms. The molecule has 2 fully saturated rings. The number of carbonyl (C=O) groups excluding carboxylic acids is 1. The van der Waals surface area contributed by atoms with Gasteiger partial charge in [-0.2, -0.15) is 0 Å². The predicted octanol–water partition coefficient (Wildman–Crippen LogP) is 4.29. The van der Waals surface area contributed by atoms with E-state index < -0.39 is 0 Å². The van der Waals surface area contributed by atoms with E-state index in [1.807, 2.05) is 18.2 Å². The minimum atomic E-state index is 0.0345. The molecule has 2 heterocycles. The molecule has 4 rings (SSSR count). The van der Waals surface area contributed by atoms with Gasteiger partial charge in [-0.05, 0) is 37.8 Å². The van der Waals surface area contributed by atoms with Crippen LogP contribution >= 0.6 is 11.8 Å². The van der Waals surface area contributed by atoms with Gasteiger partial charge in [-0.25, -0.2) is 9.97 Å². The lowest BCUT2D eigenvalue weighted by Gasteiger charge is -2.34. The zero-order valence-corrected chi connectivity index (χ0v) is 17.0. The molecule has 1 atom stereocenters. The van der Waals surface area contributed by atoms with Gasteiger partial charge in [0.05, 0.1) is 5.92 Å². The second-order valence-electron chi connectivity index (χ2n) is 7.73. The van der Waals surface area contributed by atoms with E-state index in [2.05, 4.69) is 32.3 Å². The second kappa shape index (κ2) is 9.41. The highest BCUT2D eigenvalue weighted by atomic mass is 32.2. The van der Waals surface area contributed by atoms with Crippen LogP contribution in [0.25, 0.3) is 0 Å². The number of anilines is 1. The molecular weight excluding hydrogens is 368 g/mol. The highest BCUT2D eigenvalue weighted by Crippen LogP contribution is 2.34. The standard InChI is InChI=1S/C22H28N4OS/c27-21(25-18-9-3-1-4-10-18)17-8-7-15-26(16-17)20-22(24-14-13-23-20)28-19-11-5-2-6-12-19/h2,5-6,11-14,17-18H,1,3-4,7-10,15-16H2,(H,25,27)/t17-/m0/s1. The molecule has 0 unspecified atom stereocenters. The van der Waals surface area contributed by atoms with E-state index in [-0.39, 0.29) is 11.8 Å². The van der Waals surface area contributed by atoms with Gasteiger partial charge in [0.15, 0.2) is 5.82 Å². The van der Waals surface area contributed by atoms with Crippen LogP contribution in [-0.4, -0.2) is 35.0 Å². The van der Waals surface area contributed by atoms with Crippen molar-refractivity contribution in [3.63, 3.8) is 0 Å². The molecule has 0 bridgehead atoms. The fourth-order valence-corrected chi connectivity index (χ4v) is 5.06. The first kappa shape index (κ1) is 19.2. The Morgan fingerprint density at radius 3 is 2.61 bits per heavy atom. The molecule has 0 spiro atoms. The molecule has 1 aliphatic carbocycles. The zero-order chi connectivity index (χ0) is 19.2. The molecule has 1 amide bonds. The lowest BCUT2D eigenvalue weighted by Crippen LogP contribution is -2.46. The third kappa shape index (κ3) is 4.85. The van der Waals surface area contributed by atoms with Gasteiger partial charge in [-0.3, -0.25) is 4.79 Å². The smallest absolute Gasteiger partial charge is 0.225 e. The second-order valence-corrected chi connectivity index (χ2v) is 8.79. The SMILES string of the molecule is O=C(NC1CCCCC1)[C@H]1CCCN(c2nccnc2Sc2ccccc2)C1. The van der Waals surface area contributed by atoms with Gasteiger partial charge in [0.25, 0.3) is 0 Å². The Bertz CT molecular complexity index is 779. The topological polar surface area (TPSA) is 58.1 Å². The average Bonchev–Trinajstić information content (AvgIpc) is 2.76. The van der Waals surface area contributed by atoms with Gasteiger partial charge < -0.3 is 10.2 Å². The number of rotatable bonds is 5. The lowest BCUT2D eigenvalue weighted by molar-refractivity contribution is -0.126. The first-order valence-electron chi connectivity index (χ1n) is 10.4. The van der Waals surface area contributed by atoms with E-state index in [0.29, 0.717) is 6.04 Å². The normalized spacial score (nSPS) is 20.7. The Hall–Kier alpha value is -2.08. The van der Waals surface area contributed by atoms with Gasteiger partial charge in [0, 0.05) is 36.4 Å². The number of hydrogen-bond acceptors (Lipinski definition) is 5. The molecule has 1 saturated carbocycles. The molecule has 1 N–H and O–H groups in total. The minimum Gasteiger partial charge on any atom is -0.354 e. The van der Waals surface area contributed by atoms with Crippen molar-refractivity contribution < 1.29 is 4.79 Å². The van der Waals surface area contributed by atoms with Crippen LogP contribution in [0.15, 0.2) is 52.6 Å². The third-order valence-electron chi connectivity index (χ3n) is 5.65. The summed E-state index contributed by atoms with van der Waals surface area (Å²) in [7, 11) is 0. The summed E-state index contributed by atoms with van der Waals surface area (Å²) in [6.07, 6.45) is 11.5. The van der Waals surface area contributed by atoms with Gasteiger partial charge in [-0.15, -0.1) is 0 Å². The summed E-state index contributed by atoms with van der Waals surface area (Å²) in [6.45, 7) is 1.65. The number of nitrogens with zero attached hydrogens (tertiary/aromatic N) is 3. The van der Waals surface area contributed by atoms with Crippen molar-refractivity contribution in [2.24, 2.45) is 5.92 Å². The summed E-state index contributed by atoms with van der Waals surface area (Å²) < 4.78 is 0. The maximum Gasteiger partial charge on any atom is 0.225 e. The molecule has 148 valence electrons. The zero-order valence-electron chi connectivity index (χ0n) is 16.2. The maximum absolute atomic E-state index is 12.8. The first-order valence-corrected chi connectivity index (χ1v) is 11.2. The van der Waals surface area contributed by atoms with Crippen LogP contribution in [-0.2, 0) is 4.79 Å². The van der Waals surface area contributed by atoms with Crippen LogP contribution < -0.4 is 10.2 Å². The van der Waals surface area contributed by atoms with Crippen LogP contribution in [0, 0.1) is 5.92 Å². The Morgan fingerprint density at radius 1 is 1.00 bits per heavy atom. The van der Waals surface area contributed by atoms with Crippen LogP contribution in [0.4, 0.5) is 5.82 Å². The highest BCUT2D eigenvalue weighted by molar-refractivity contribution is 7.99. The fourth-order valence-electron chi connectivity index (χ4n) is 4.16. The number of hydrogen-bond donors (Lipinski definition) is 1. The molecule has 6 heteroatoms. The number of carbonyl (C=O) groups is 1. The highest BCUT2D eigenvalue weighted by Gasteiger charge is 2.29. The van der Waals surface area contributed by atoms with Crippen molar-refractivity contribution >= 4 is 23.5 Å². The van der Waals surface area contributed by atoms with Crippen LogP contribution in [0.5, 0.6) is 0 Å². The van der Waals surface area contributed by atoms with Crippen molar-refractivity contribution in [3.8, 4) is 0 Å². The van der Waals surface area contributed by atoms with Crippen LogP contribution in [0.2, 0.25) is 0 Å². The van der Waals surface area contributed by atoms with E-state index in [4.69, 9.17) is 0 Å². The monoisotopic (exact) mass is 396 g/mol. The van der Waals surface area contributed by atoms with Crippen LogP contribution in [0.3, 0.4) is 0 Å². The maximum atomic E-state index is 12.8. The molecule has 2 aromatic rings. The van der Waals surface area contributed by atoms with Gasteiger partial charge >= 0.3 is 0 Å². The largest absolute Gasteiger partial charge is 0.354 e. The van der Waals surface area contributed by atoms with Gasteiger partial charge in [0.2, 0.25) is 5.91 Å². The third-order valence-corrected chi connectivity index (χ3v) is 6.64. The average molecular weight is 397 g/mol. The van der Waals surface area contributed by atoms with Gasteiger partial charge in [-0.1, -0.05) is 49.2 Å². The van der Waals surface area contributed by atoms with Crippen molar-refractivity contribution in [3.05, 3.63) is 42.7 Å². The Labute approximate surface area is 171 Å². The van der Waals surface area contributed by atoms with E-state index in [1.54, 1.807) is 24.2 Å². The molecule has 1 saturated heterocycles. The summed E-state index contributed by atoms with van der Waals surface area (Å²) in [4.78, 5) is 25.4. The number of amides is 1. The summed E-state index contributed by atoms with van der Waals surface area (Å²) in [5, 5.41) is 4.21. The minimum absolute atomic E-state index is 0.0345. The van der Waals surface area contributed by atoms with Gasteiger partial charge in [0.1, 0.15) is 5.03 Å². The van der Waals surface area contributed by atoms with Crippen molar-refractivity contribution in [1.29, 1.82) is 0 Å². The molecule has 1 aromatic carbocycles. The van der Waals surface area contributed by atoms with E-state index in [9.17, 15) is 4.79 Å². The number of aromatic nitrogens is 2. The van der Waals surface area contributed by atoms with Crippen LogP contribution in [0.1, 0.15) is 44.9 Å². The first-order chi connectivity index (χ1) is 13.8. The van der Waals surface area contributed by atoms with Crippen molar-refractivity contribution in [2.75, 3.05) is 18.0 Å². The summed E-state index contributed by atoms with van der Waals surface area (Å²) in [5.74, 6) is 1.15. The lowest BCUT2D eigenvalue weighted by atomic mass is 9.93.